The van der Waals surface area contributed by atoms with Gasteiger partial charge in [0.2, 0.25) is 0 Å². The normalized spacial score (nSPS) is 16.2. The summed E-state index contributed by atoms with van der Waals surface area (Å²) in [5.41, 5.74) is 9.35. The van der Waals surface area contributed by atoms with E-state index in [1.165, 1.54) is 62.8 Å². The van der Waals surface area contributed by atoms with Gasteiger partial charge in [-0.3, -0.25) is 0 Å². The van der Waals surface area contributed by atoms with Crippen LogP contribution in [0.1, 0.15) is 131 Å². The summed E-state index contributed by atoms with van der Waals surface area (Å²) < 4.78 is 8.91. The molecule has 2 aliphatic heterocycles. The standard InChI is InChI=1S/C27H39N2.C19H16N2O5.ClH.Ru/c1-18(2)22-11-9-12-23(19(3)4)26(22)28-15-16-29(17-28)27-24(20(5)6)13-10-14-25(27)21(7)8;1-11(2)16-19(23)20(15-6-4-5-12(3)17(15)26-16)18(22)13-7-9-14(10-8-13)21(24)25;;/h9-14,17-21H,15-16H2,1-8H3;3-11,16H,1-2H3;1H;/p-1. The Bertz CT molecular complexity index is 2030. The molecule has 0 aliphatic carbocycles. The first-order valence-electron chi connectivity index (χ1n) is 19.8. The molecule has 1 fully saturated rings. The number of hydrogen-bond donors (Lipinski definition) is 0. The van der Waals surface area contributed by atoms with Crippen molar-refractivity contribution in [2.24, 2.45) is 5.92 Å². The van der Waals surface area contributed by atoms with Crippen molar-refractivity contribution >= 4 is 39.2 Å². The van der Waals surface area contributed by atoms with E-state index in [-0.39, 0.29) is 34.3 Å². The van der Waals surface area contributed by atoms with Gasteiger partial charge in [0.25, 0.3) is 0 Å². The second-order valence-corrected chi connectivity index (χ2v) is 18.3. The van der Waals surface area contributed by atoms with E-state index in [0.717, 1.165) is 18.7 Å². The fourth-order valence-corrected chi connectivity index (χ4v) is 10.3. The van der Waals surface area contributed by atoms with Gasteiger partial charge in [0.15, 0.2) is 0 Å². The molecular weight excluding hydrogens is 825 g/mol. The van der Waals surface area contributed by atoms with Gasteiger partial charge < -0.3 is 12.4 Å². The Hall–Kier alpha value is -4.40. The van der Waals surface area contributed by atoms with Crippen LogP contribution in [0.15, 0.2) is 78.9 Å². The summed E-state index contributed by atoms with van der Waals surface area (Å²) >= 11 is -0.512. The molecule has 2 amide bonds. The van der Waals surface area contributed by atoms with Gasteiger partial charge in [-0.1, -0.05) is 0 Å². The Labute approximate surface area is 351 Å². The number of anilines is 3. The maximum absolute atomic E-state index is 14.1. The van der Waals surface area contributed by atoms with Crippen LogP contribution in [0.3, 0.4) is 0 Å². The Kier molecular flexibility index (Phi) is 13.8. The van der Waals surface area contributed by atoms with Crippen molar-refractivity contribution in [1.29, 1.82) is 0 Å². The molecule has 2 heterocycles. The molecule has 0 N–H and O–H groups in total. The summed E-state index contributed by atoms with van der Waals surface area (Å²) in [6.07, 6.45) is -0.882. The smallest absolute Gasteiger partial charge is 1.00 e. The third-order valence-corrected chi connectivity index (χ3v) is 13.2. The van der Waals surface area contributed by atoms with Crippen LogP contribution in [-0.2, 0) is 21.5 Å². The minimum absolute atomic E-state index is 0. The number of nitro groups is 1. The second kappa shape index (κ2) is 18.0. The number of nitro benzene ring substituents is 1. The molecule has 1 saturated heterocycles. The Morgan fingerprint density at radius 2 is 1.19 bits per heavy atom. The van der Waals surface area contributed by atoms with E-state index in [1.807, 2.05) is 26.0 Å². The van der Waals surface area contributed by atoms with Crippen LogP contribution in [0.2, 0.25) is 0 Å². The zero-order valence-electron chi connectivity index (χ0n) is 34.6. The second-order valence-electron chi connectivity index (χ2n) is 16.4. The molecule has 305 valence electrons. The van der Waals surface area contributed by atoms with Crippen LogP contribution in [0.5, 0.6) is 5.75 Å². The van der Waals surface area contributed by atoms with Crippen LogP contribution in [0, 0.1) is 16.0 Å². The van der Waals surface area contributed by atoms with Crippen molar-refractivity contribution < 1.29 is 48.3 Å². The monoisotopic (exact) mass is 880 g/mol. The number of halogens is 1. The number of ether oxygens (including phenoxy) is 1. The molecule has 0 radical (unpaired) electrons. The molecule has 4 aromatic carbocycles. The van der Waals surface area contributed by atoms with E-state index in [4.69, 9.17) is 4.74 Å². The average molecular weight is 880 g/mol. The van der Waals surface area contributed by atoms with Crippen molar-refractivity contribution in [3.8, 4) is 5.75 Å². The number of imide groups is 1. The average Bonchev–Trinajstić information content (AvgIpc) is 3.58. The van der Waals surface area contributed by atoms with Crippen molar-refractivity contribution in [2.45, 2.75) is 104 Å². The number of fused-ring (bicyclic) bond motifs is 1. The summed E-state index contributed by atoms with van der Waals surface area (Å²) in [4.78, 5) is 45.4. The predicted octanol–water partition coefficient (Wildman–Crippen LogP) is 7.23. The topological polar surface area (TPSA) is 96.2 Å². The van der Waals surface area contributed by atoms with Crippen LogP contribution in [-0.4, -0.2) is 45.3 Å². The first kappa shape index (κ1) is 43.7. The maximum Gasteiger partial charge on any atom is -1.00 e. The molecule has 0 saturated carbocycles. The summed E-state index contributed by atoms with van der Waals surface area (Å²) in [5.74, 6) is 0.649. The Balaban J connectivity index is 0.00000620. The third-order valence-electron chi connectivity index (χ3n) is 10.7. The maximum atomic E-state index is 14.1. The zero-order chi connectivity index (χ0) is 40.6. The molecule has 1 atom stereocenters. The number of benzene rings is 4. The molecule has 9 nitrogen and oxygen atoms in total. The quantitative estimate of drug-likeness (QED) is 0.0680. The summed E-state index contributed by atoms with van der Waals surface area (Å²) in [6, 6.07) is 24.6. The van der Waals surface area contributed by atoms with Gasteiger partial charge in [-0.15, -0.1) is 0 Å². The summed E-state index contributed by atoms with van der Waals surface area (Å²) in [5, 5.41) is 11.3. The summed E-state index contributed by atoms with van der Waals surface area (Å²) in [6.45, 7) is 23.8. The van der Waals surface area contributed by atoms with Crippen molar-refractivity contribution in [3.05, 3.63) is 122 Å². The van der Waals surface area contributed by atoms with E-state index < -0.39 is 39.5 Å². The molecule has 1 unspecified atom stereocenters. The van der Waals surface area contributed by atoms with Gasteiger partial charge in [0.1, 0.15) is 0 Å². The molecule has 4 aromatic rings. The Morgan fingerprint density at radius 1 is 0.737 bits per heavy atom. The van der Waals surface area contributed by atoms with E-state index in [2.05, 4.69) is 106 Å². The van der Waals surface area contributed by atoms with Gasteiger partial charge in [-0.2, -0.15) is 0 Å². The fraction of sp³-hybridized carbons (Fsp3) is 0.413. The molecular formula is C46H55ClN4O5Ru-. The van der Waals surface area contributed by atoms with Gasteiger partial charge >= 0.3 is 341 Å². The molecule has 2 aliphatic rings. The molecule has 0 aromatic heterocycles. The van der Waals surface area contributed by atoms with Crippen molar-refractivity contribution in [1.82, 2.24) is 0 Å². The van der Waals surface area contributed by atoms with Crippen LogP contribution in [0.25, 0.3) is 0 Å². The van der Waals surface area contributed by atoms with Gasteiger partial charge in [0, 0.05) is 0 Å². The number of carbonyl (C=O) groups excluding carboxylic acids is 2. The molecule has 6 rings (SSSR count). The molecule has 11 heteroatoms. The number of nitrogens with zero attached hydrogens (tertiary/aromatic N) is 4. The molecule has 0 spiro atoms. The van der Waals surface area contributed by atoms with Gasteiger partial charge in [-0.25, -0.2) is 0 Å². The van der Waals surface area contributed by atoms with Crippen LogP contribution < -0.4 is 31.8 Å². The number of non-ortho nitro benzene ring substituents is 1. The number of amides is 2. The van der Waals surface area contributed by atoms with Gasteiger partial charge in [0.05, 0.1) is 0 Å². The Morgan fingerprint density at radius 3 is 1.61 bits per heavy atom. The molecule has 57 heavy (non-hydrogen) atoms. The molecule has 0 bridgehead atoms. The predicted molar refractivity (Wildman–Crippen MR) is 223 cm³/mol. The number of rotatable bonds is 11. The zero-order valence-corrected chi connectivity index (χ0v) is 37.1. The first-order chi connectivity index (χ1) is 26.6. The van der Waals surface area contributed by atoms with E-state index in [1.54, 1.807) is 6.07 Å². The van der Waals surface area contributed by atoms with Crippen molar-refractivity contribution in [2.75, 3.05) is 27.8 Å². The number of hydrogen-bond acceptors (Lipinski definition) is 7. The first-order valence-corrected chi connectivity index (χ1v) is 21.8. The largest absolute Gasteiger partial charge is 1.00 e. The number of para-hydroxylation sites is 3. The summed E-state index contributed by atoms with van der Waals surface area (Å²) in [7, 11) is 0. The minimum Gasteiger partial charge on any atom is -1.00 e. The van der Waals surface area contributed by atoms with Crippen LogP contribution in [0.4, 0.5) is 22.7 Å². The minimum atomic E-state index is -0.882. The fourth-order valence-electron chi connectivity index (χ4n) is 7.79. The van der Waals surface area contributed by atoms with Crippen LogP contribution >= 0.6 is 0 Å². The van der Waals surface area contributed by atoms with E-state index in [0.29, 0.717) is 35.1 Å². The van der Waals surface area contributed by atoms with E-state index in [9.17, 15) is 19.7 Å². The third kappa shape index (κ3) is 8.59. The number of carbonyl (C=O) groups is 2. The SMILES string of the molecule is CC(C)c1cccc(C(C)C)c1N1CCN(c2c(C(C)C)cccc2C(C)C)[CH]1/[Ru]=[CH]/c1cccc2c1OC(C(C)C)C(=O)N2C(=O)c1ccc([N+](=O)[O-])cc1.[Cl-]. The van der Waals surface area contributed by atoms with E-state index >= 15 is 0 Å². The van der Waals surface area contributed by atoms with Crippen molar-refractivity contribution in [3.63, 3.8) is 0 Å². The van der Waals surface area contributed by atoms with Gasteiger partial charge in [-0.05, 0) is 0 Å².